The minimum absolute atomic E-state index is 0.294. The average Bonchev–Trinajstić information content (AvgIpc) is 2.90. The van der Waals surface area contributed by atoms with Gasteiger partial charge in [0.1, 0.15) is 0 Å². The summed E-state index contributed by atoms with van der Waals surface area (Å²) < 4.78 is 6.10. The largest absolute Gasteiger partial charge is 0.502 e. The van der Waals surface area contributed by atoms with Crippen LogP contribution in [0.25, 0.3) is 11.3 Å². The first kappa shape index (κ1) is 19.9. The van der Waals surface area contributed by atoms with Crippen molar-refractivity contribution in [1.29, 1.82) is 0 Å². The highest BCUT2D eigenvalue weighted by Gasteiger charge is 2.27. The van der Waals surface area contributed by atoms with E-state index in [-0.39, 0.29) is 0 Å². The summed E-state index contributed by atoms with van der Waals surface area (Å²) >= 11 is 1.50. The number of thioether (sulfide) groups is 1. The van der Waals surface area contributed by atoms with E-state index in [4.69, 9.17) is 4.74 Å². The van der Waals surface area contributed by atoms with Crippen molar-refractivity contribution < 1.29 is 14.8 Å². The van der Waals surface area contributed by atoms with Gasteiger partial charge in [-0.1, -0.05) is 43.3 Å². The summed E-state index contributed by atoms with van der Waals surface area (Å²) in [5, 5.41) is 33.3. The molecule has 10 heteroatoms. The van der Waals surface area contributed by atoms with Crippen molar-refractivity contribution in [2.24, 2.45) is 0 Å². The molecular weight excluding hydrogens is 406 g/mol. The van der Waals surface area contributed by atoms with E-state index in [9.17, 15) is 15.2 Å². The second-order valence-electron chi connectivity index (χ2n) is 6.64. The number of phenols is 1. The molecule has 0 aliphatic carbocycles. The highest BCUT2D eigenvalue weighted by molar-refractivity contribution is 7.99. The Morgan fingerprint density at radius 2 is 2.10 bits per heavy atom. The quantitative estimate of drug-likeness (QED) is 0.253. The number of unbranched alkanes of at least 4 members (excludes halogenated alkanes) is 1. The molecule has 0 bridgehead atoms. The molecule has 2 N–H and O–H groups in total. The van der Waals surface area contributed by atoms with Crippen molar-refractivity contribution in [3.63, 3.8) is 0 Å². The number of anilines is 1. The number of nitro benzene ring substituents is 1. The molecule has 2 heterocycles. The minimum atomic E-state index is -0.767. The zero-order valence-electron chi connectivity index (χ0n) is 16.1. The molecule has 0 saturated carbocycles. The van der Waals surface area contributed by atoms with Crippen LogP contribution < -0.4 is 10.1 Å². The first-order chi connectivity index (χ1) is 14.6. The third kappa shape index (κ3) is 3.99. The fourth-order valence-electron chi connectivity index (χ4n) is 3.02. The number of nitrogens with zero attached hydrogens (tertiary/aromatic N) is 4. The zero-order chi connectivity index (χ0) is 21.1. The maximum Gasteiger partial charge on any atom is 0.311 e. The molecule has 9 nitrogen and oxygen atoms in total. The summed E-state index contributed by atoms with van der Waals surface area (Å²) in [6.07, 6.45) is 1.34. The van der Waals surface area contributed by atoms with Crippen molar-refractivity contribution in [3.8, 4) is 22.9 Å². The van der Waals surface area contributed by atoms with Crippen molar-refractivity contribution in [2.45, 2.75) is 31.1 Å². The number of benzene rings is 2. The number of hydrogen-bond acceptors (Lipinski definition) is 9. The predicted octanol–water partition coefficient (Wildman–Crippen LogP) is 4.55. The summed E-state index contributed by atoms with van der Waals surface area (Å²) in [7, 11) is 0. The highest BCUT2D eigenvalue weighted by atomic mass is 32.2. The lowest BCUT2D eigenvalue weighted by Crippen LogP contribution is -2.17. The lowest BCUT2D eigenvalue weighted by molar-refractivity contribution is -0.386. The monoisotopic (exact) mass is 425 g/mol. The van der Waals surface area contributed by atoms with E-state index in [1.165, 1.54) is 23.9 Å². The fourth-order valence-corrected chi connectivity index (χ4v) is 3.88. The fraction of sp³-hybridized carbons (Fsp3) is 0.250. The van der Waals surface area contributed by atoms with Crippen LogP contribution in [-0.4, -0.2) is 31.0 Å². The van der Waals surface area contributed by atoms with E-state index >= 15 is 0 Å². The number of nitro groups is 1. The Bertz CT molecular complexity index is 1090. The molecule has 0 amide bonds. The van der Waals surface area contributed by atoms with Crippen molar-refractivity contribution >= 4 is 23.1 Å². The van der Waals surface area contributed by atoms with Crippen LogP contribution in [0.1, 0.15) is 31.6 Å². The summed E-state index contributed by atoms with van der Waals surface area (Å²) in [4.78, 5) is 15.1. The summed E-state index contributed by atoms with van der Waals surface area (Å²) in [6, 6.07) is 11.6. The van der Waals surface area contributed by atoms with Gasteiger partial charge in [-0.15, -0.1) is 10.2 Å². The lowest BCUT2D eigenvalue weighted by atomic mass is 10.1. The van der Waals surface area contributed by atoms with Crippen molar-refractivity contribution in [3.05, 3.63) is 58.1 Å². The molecule has 4 rings (SSSR count). The smallest absolute Gasteiger partial charge is 0.311 e. The molecule has 2 aromatic carbocycles. The molecule has 0 radical (unpaired) electrons. The summed E-state index contributed by atoms with van der Waals surface area (Å²) in [6.45, 7) is 2.11. The molecule has 1 aliphatic heterocycles. The first-order valence-corrected chi connectivity index (χ1v) is 10.4. The Balaban J connectivity index is 1.76. The average molecular weight is 425 g/mol. The van der Waals surface area contributed by atoms with Gasteiger partial charge in [0.2, 0.25) is 11.0 Å². The molecule has 0 saturated heterocycles. The van der Waals surface area contributed by atoms with E-state index in [1.807, 2.05) is 24.3 Å². The number of aromatic hydroxyl groups is 1. The summed E-state index contributed by atoms with van der Waals surface area (Å²) in [5.41, 5.74) is 2.08. The van der Waals surface area contributed by atoms with Gasteiger partial charge in [0.25, 0.3) is 0 Å². The third-order valence-corrected chi connectivity index (χ3v) is 5.49. The van der Waals surface area contributed by atoms with Crippen LogP contribution >= 0.6 is 11.8 Å². The minimum Gasteiger partial charge on any atom is -0.502 e. The number of aromatic nitrogens is 3. The van der Waals surface area contributed by atoms with E-state index in [0.29, 0.717) is 22.3 Å². The first-order valence-electron chi connectivity index (χ1n) is 9.44. The van der Waals surface area contributed by atoms with Crippen LogP contribution in [0.15, 0.2) is 47.6 Å². The predicted molar refractivity (Wildman–Crippen MR) is 113 cm³/mol. The van der Waals surface area contributed by atoms with Crippen LogP contribution in [0.4, 0.5) is 11.4 Å². The molecule has 3 aromatic rings. The van der Waals surface area contributed by atoms with Crippen molar-refractivity contribution in [1.82, 2.24) is 15.2 Å². The molecule has 154 valence electrons. The maximum atomic E-state index is 11.2. The highest BCUT2D eigenvalue weighted by Crippen LogP contribution is 2.40. The van der Waals surface area contributed by atoms with Gasteiger partial charge in [0.05, 0.1) is 4.92 Å². The Hall–Kier alpha value is -3.40. The van der Waals surface area contributed by atoms with Gasteiger partial charge >= 0.3 is 5.69 Å². The number of rotatable bonds is 6. The topological polar surface area (TPSA) is 123 Å². The number of ether oxygens (including phenoxy) is 1. The number of fused-ring (bicyclic) bond motifs is 3. The van der Waals surface area contributed by atoms with E-state index < -0.39 is 22.6 Å². The Morgan fingerprint density at radius 3 is 2.90 bits per heavy atom. The molecule has 1 aromatic heterocycles. The summed E-state index contributed by atoms with van der Waals surface area (Å²) in [5.74, 6) is 0.762. The van der Waals surface area contributed by atoms with Gasteiger partial charge in [-0.2, -0.15) is 4.98 Å². The Morgan fingerprint density at radius 1 is 1.27 bits per heavy atom. The zero-order valence-corrected chi connectivity index (χ0v) is 16.9. The Labute approximate surface area is 176 Å². The number of hydrogen-bond donors (Lipinski definition) is 2. The van der Waals surface area contributed by atoms with Gasteiger partial charge in [-0.3, -0.25) is 10.1 Å². The van der Waals surface area contributed by atoms with Crippen LogP contribution in [-0.2, 0) is 0 Å². The third-order valence-electron chi connectivity index (χ3n) is 4.56. The van der Waals surface area contributed by atoms with Crippen LogP contribution in [0, 0.1) is 10.1 Å². The second kappa shape index (κ2) is 8.54. The second-order valence-corrected chi connectivity index (χ2v) is 7.71. The van der Waals surface area contributed by atoms with Crippen LogP contribution in [0.3, 0.4) is 0 Å². The number of nitrogens with one attached hydrogen (secondary N) is 1. The molecule has 30 heavy (non-hydrogen) atoms. The molecular formula is C20H19N5O4S. The maximum absolute atomic E-state index is 11.2. The SMILES string of the molecule is CCCCSc1nnc2c(n1)O[C@@H](c1ccc(O)c([N+](=O)[O-])c1)Nc1ccccc1-2. The van der Waals surface area contributed by atoms with Gasteiger partial charge in [0, 0.05) is 28.6 Å². The van der Waals surface area contributed by atoms with Crippen molar-refractivity contribution in [2.75, 3.05) is 11.1 Å². The molecule has 1 aliphatic rings. The van der Waals surface area contributed by atoms with Crippen LogP contribution in [0.2, 0.25) is 0 Å². The van der Waals surface area contributed by atoms with Gasteiger partial charge in [-0.05, 0) is 24.6 Å². The standard InChI is InChI=1S/C20H19N5O4S/c1-2-3-10-30-20-22-19-17(23-24-20)13-6-4-5-7-14(13)21-18(29-19)12-8-9-16(26)15(11-12)25(27)28/h4-9,11,18,21,26H,2-3,10H2,1H3/t18-/m0/s1. The van der Waals surface area contributed by atoms with Crippen LogP contribution in [0.5, 0.6) is 11.6 Å². The van der Waals surface area contributed by atoms with Gasteiger partial charge < -0.3 is 15.2 Å². The van der Waals surface area contributed by atoms with Gasteiger partial charge in [-0.25, -0.2) is 0 Å². The molecule has 1 atom stereocenters. The van der Waals surface area contributed by atoms with E-state index in [0.717, 1.165) is 29.8 Å². The molecule has 0 fully saturated rings. The lowest BCUT2D eigenvalue weighted by Gasteiger charge is -2.19. The van der Waals surface area contributed by atoms with E-state index in [2.05, 4.69) is 27.4 Å². The molecule has 0 unspecified atom stereocenters. The Kier molecular flexibility index (Phi) is 5.66. The normalized spacial score (nSPS) is 14.6. The molecule has 0 spiro atoms. The van der Waals surface area contributed by atoms with Gasteiger partial charge in [0.15, 0.2) is 17.7 Å². The number of para-hydroxylation sites is 1. The van der Waals surface area contributed by atoms with E-state index in [1.54, 1.807) is 6.07 Å². The number of phenolic OH excluding ortho intramolecular Hbond substituents is 1.